The van der Waals surface area contributed by atoms with E-state index < -0.39 is 0 Å². The van der Waals surface area contributed by atoms with Crippen molar-refractivity contribution in [1.29, 1.82) is 5.26 Å². The SMILES string of the molecule is N#Cc1ccc(Oc2ccc(NC(=O)N3CC(c4ccc(F)cc4)=C(c4ccc(Cl)cc4)N3)cc2)cc1. The average molecular weight is 511 g/mol. The number of ether oxygens (including phenoxy) is 1. The van der Waals surface area contributed by atoms with E-state index in [4.69, 9.17) is 21.6 Å². The molecule has 2 amide bonds. The molecule has 1 heterocycles. The number of benzene rings is 4. The lowest BCUT2D eigenvalue weighted by Crippen LogP contribution is -2.40. The van der Waals surface area contributed by atoms with E-state index in [2.05, 4.69) is 16.8 Å². The van der Waals surface area contributed by atoms with E-state index in [9.17, 15) is 9.18 Å². The topological polar surface area (TPSA) is 77.4 Å². The maximum atomic E-state index is 13.5. The number of hydrazine groups is 1. The summed E-state index contributed by atoms with van der Waals surface area (Å²) in [6, 6.07) is 28.9. The Hall–Kier alpha value is -4.80. The fraction of sp³-hybridized carbons (Fsp3) is 0.0345. The van der Waals surface area contributed by atoms with Crippen molar-refractivity contribution >= 4 is 34.6 Å². The highest BCUT2D eigenvalue weighted by atomic mass is 35.5. The minimum atomic E-state index is -0.357. The van der Waals surface area contributed by atoms with E-state index in [0.29, 0.717) is 27.8 Å². The number of rotatable bonds is 5. The molecule has 0 fully saturated rings. The molecule has 2 N–H and O–H groups in total. The Morgan fingerprint density at radius 2 is 1.49 bits per heavy atom. The zero-order valence-corrected chi connectivity index (χ0v) is 20.2. The molecule has 0 unspecified atom stereocenters. The molecule has 0 atom stereocenters. The second kappa shape index (κ2) is 10.4. The van der Waals surface area contributed by atoms with Crippen LogP contribution in [-0.2, 0) is 0 Å². The quantitative estimate of drug-likeness (QED) is 0.301. The van der Waals surface area contributed by atoms with Gasteiger partial charge >= 0.3 is 6.03 Å². The first-order valence-electron chi connectivity index (χ1n) is 11.4. The summed E-state index contributed by atoms with van der Waals surface area (Å²) in [5, 5.41) is 13.9. The molecule has 37 heavy (non-hydrogen) atoms. The summed E-state index contributed by atoms with van der Waals surface area (Å²) in [5.41, 5.74) is 7.56. The Labute approximate surface area is 218 Å². The first kappa shape index (κ1) is 23.9. The molecule has 1 aliphatic rings. The van der Waals surface area contributed by atoms with Gasteiger partial charge in [0.05, 0.1) is 23.9 Å². The van der Waals surface area contributed by atoms with Gasteiger partial charge in [0.2, 0.25) is 0 Å². The van der Waals surface area contributed by atoms with E-state index in [1.54, 1.807) is 72.8 Å². The first-order chi connectivity index (χ1) is 18.0. The molecule has 5 rings (SSSR count). The molecule has 0 spiro atoms. The fourth-order valence-corrected chi connectivity index (χ4v) is 4.00. The zero-order valence-electron chi connectivity index (χ0n) is 19.4. The maximum Gasteiger partial charge on any atom is 0.340 e. The van der Waals surface area contributed by atoms with Gasteiger partial charge in [-0.3, -0.25) is 5.43 Å². The van der Waals surface area contributed by atoms with Crippen LogP contribution >= 0.6 is 11.6 Å². The van der Waals surface area contributed by atoms with E-state index in [-0.39, 0.29) is 18.4 Å². The lowest BCUT2D eigenvalue weighted by molar-refractivity contribution is 0.210. The number of carbonyl (C=O) groups excluding carboxylic acids is 1. The van der Waals surface area contributed by atoms with Crippen LogP contribution in [0.2, 0.25) is 5.02 Å². The van der Waals surface area contributed by atoms with Crippen molar-refractivity contribution < 1.29 is 13.9 Å². The van der Waals surface area contributed by atoms with Crippen LogP contribution in [-0.4, -0.2) is 17.6 Å². The van der Waals surface area contributed by atoms with Gasteiger partial charge in [0, 0.05) is 16.3 Å². The summed E-state index contributed by atoms with van der Waals surface area (Å²) in [5.74, 6) is 0.864. The molecule has 6 nitrogen and oxygen atoms in total. The molecule has 4 aromatic rings. The highest BCUT2D eigenvalue weighted by Gasteiger charge is 2.27. The van der Waals surface area contributed by atoms with Crippen molar-refractivity contribution in [2.45, 2.75) is 0 Å². The third-order valence-corrected chi connectivity index (χ3v) is 6.01. The van der Waals surface area contributed by atoms with Crippen molar-refractivity contribution in [3.63, 3.8) is 0 Å². The number of hydrogen-bond acceptors (Lipinski definition) is 4. The molecule has 1 aliphatic heterocycles. The number of anilines is 1. The summed E-state index contributed by atoms with van der Waals surface area (Å²) < 4.78 is 19.3. The number of nitrogens with zero attached hydrogens (tertiary/aromatic N) is 2. The van der Waals surface area contributed by atoms with Crippen LogP contribution in [0.1, 0.15) is 16.7 Å². The summed E-state index contributed by atoms with van der Waals surface area (Å²) >= 11 is 6.05. The van der Waals surface area contributed by atoms with Gasteiger partial charge in [0.1, 0.15) is 17.3 Å². The van der Waals surface area contributed by atoms with Crippen LogP contribution in [0, 0.1) is 17.1 Å². The number of halogens is 2. The monoisotopic (exact) mass is 510 g/mol. The summed E-state index contributed by atoms with van der Waals surface area (Å²) in [7, 11) is 0. The lowest BCUT2D eigenvalue weighted by atomic mass is 10.0. The van der Waals surface area contributed by atoms with Gasteiger partial charge in [-0.2, -0.15) is 5.26 Å². The second-order valence-corrected chi connectivity index (χ2v) is 8.69. The van der Waals surface area contributed by atoms with Crippen molar-refractivity contribution in [3.05, 3.63) is 125 Å². The van der Waals surface area contributed by atoms with Crippen LogP contribution in [0.4, 0.5) is 14.9 Å². The molecule has 0 saturated heterocycles. The second-order valence-electron chi connectivity index (χ2n) is 8.26. The molecular weight excluding hydrogens is 491 g/mol. The maximum absolute atomic E-state index is 13.5. The number of carbonyl (C=O) groups is 1. The van der Waals surface area contributed by atoms with Gasteiger partial charge < -0.3 is 10.1 Å². The van der Waals surface area contributed by atoms with Crippen LogP contribution < -0.4 is 15.5 Å². The molecule has 0 saturated carbocycles. The Bertz CT molecular complexity index is 1440. The fourth-order valence-electron chi connectivity index (χ4n) is 3.87. The normalized spacial score (nSPS) is 12.6. The van der Waals surface area contributed by atoms with Crippen LogP contribution in [0.15, 0.2) is 97.1 Å². The standard InChI is InChI=1S/C29H20ClFN4O2/c30-22-7-3-21(4-8-22)28-27(20-5-9-23(31)10-6-20)18-35(34-28)29(36)33-24-11-15-26(16-12-24)37-25-13-1-19(17-32)2-14-25/h1-16,34H,18H2,(H,33,36). The van der Waals surface area contributed by atoms with E-state index in [1.807, 2.05) is 12.1 Å². The van der Waals surface area contributed by atoms with E-state index in [1.165, 1.54) is 17.1 Å². The Kier molecular flexibility index (Phi) is 6.75. The molecule has 0 aromatic heterocycles. The minimum absolute atomic E-state index is 0.273. The Morgan fingerprint density at radius 1 is 0.892 bits per heavy atom. The number of amides is 2. The number of nitrogens with one attached hydrogen (secondary N) is 2. The van der Waals surface area contributed by atoms with E-state index >= 15 is 0 Å². The first-order valence-corrected chi connectivity index (χ1v) is 11.7. The predicted octanol–water partition coefficient (Wildman–Crippen LogP) is 7.06. The molecule has 182 valence electrons. The van der Waals surface area contributed by atoms with Gasteiger partial charge in [-0.05, 0) is 83.9 Å². The molecule has 8 heteroatoms. The summed E-state index contributed by atoms with van der Waals surface area (Å²) in [4.78, 5) is 13.1. The largest absolute Gasteiger partial charge is 0.457 e. The van der Waals surface area contributed by atoms with Gasteiger partial charge in [-0.25, -0.2) is 14.2 Å². The number of urea groups is 1. The molecule has 4 aromatic carbocycles. The summed E-state index contributed by atoms with van der Waals surface area (Å²) in [6.07, 6.45) is 0. The van der Waals surface area contributed by atoms with Gasteiger partial charge in [0.25, 0.3) is 0 Å². The number of nitriles is 1. The zero-order chi connectivity index (χ0) is 25.8. The Morgan fingerprint density at radius 3 is 2.11 bits per heavy atom. The highest BCUT2D eigenvalue weighted by molar-refractivity contribution is 6.30. The van der Waals surface area contributed by atoms with Gasteiger partial charge in [-0.15, -0.1) is 0 Å². The van der Waals surface area contributed by atoms with Gasteiger partial charge in [0.15, 0.2) is 0 Å². The van der Waals surface area contributed by atoms with Gasteiger partial charge in [-0.1, -0.05) is 35.9 Å². The van der Waals surface area contributed by atoms with Crippen molar-refractivity contribution in [3.8, 4) is 17.6 Å². The highest BCUT2D eigenvalue weighted by Crippen LogP contribution is 2.31. The van der Waals surface area contributed by atoms with E-state index in [0.717, 1.165) is 22.4 Å². The third-order valence-electron chi connectivity index (χ3n) is 5.76. The predicted molar refractivity (Wildman–Crippen MR) is 141 cm³/mol. The lowest BCUT2D eigenvalue weighted by Gasteiger charge is -2.19. The molecular formula is C29H20ClFN4O2. The van der Waals surface area contributed by atoms with Crippen LogP contribution in [0.3, 0.4) is 0 Å². The molecule has 0 bridgehead atoms. The average Bonchev–Trinajstić information content (AvgIpc) is 3.37. The minimum Gasteiger partial charge on any atom is -0.457 e. The molecule has 0 aliphatic carbocycles. The Balaban J connectivity index is 1.29. The molecule has 0 radical (unpaired) electrons. The summed E-state index contributed by atoms with van der Waals surface area (Å²) in [6.45, 7) is 0.273. The van der Waals surface area contributed by atoms with Crippen molar-refractivity contribution in [2.75, 3.05) is 11.9 Å². The third kappa shape index (κ3) is 5.56. The van der Waals surface area contributed by atoms with Crippen molar-refractivity contribution in [2.24, 2.45) is 0 Å². The van der Waals surface area contributed by atoms with Crippen LogP contribution in [0.25, 0.3) is 11.3 Å². The smallest absolute Gasteiger partial charge is 0.340 e. The number of hydrogen-bond donors (Lipinski definition) is 2. The van der Waals surface area contributed by atoms with Crippen molar-refractivity contribution in [1.82, 2.24) is 10.4 Å². The van der Waals surface area contributed by atoms with Crippen LogP contribution in [0.5, 0.6) is 11.5 Å².